The van der Waals surface area contributed by atoms with Crippen molar-refractivity contribution >= 4 is 11.9 Å². The van der Waals surface area contributed by atoms with Crippen LogP contribution in [0.4, 0.5) is 4.79 Å². The van der Waals surface area contributed by atoms with Gasteiger partial charge in [0.05, 0.1) is 18.3 Å². The van der Waals surface area contributed by atoms with E-state index >= 15 is 0 Å². The first kappa shape index (κ1) is 9.95. The number of quaternary nitrogens is 1. The summed E-state index contributed by atoms with van der Waals surface area (Å²) in [4.78, 5) is 23.1. The minimum Gasteiger partial charge on any atom is -0.394 e. The molecule has 0 aliphatic carbocycles. The second-order valence-corrected chi connectivity index (χ2v) is 4.54. The maximum Gasteiger partial charge on any atom is 0.430 e. The third-order valence-electron chi connectivity index (χ3n) is 3.59. The van der Waals surface area contributed by atoms with Gasteiger partial charge < -0.3 is 9.84 Å². The molecule has 6 nitrogen and oxygen atoms in total. The molecule has 2 saturated heterocycles. The fourth-order valence-corrected chi connectivity index (χ4v) is 2.68. The Morgan fingerprint density at radius 2 is 2.38 bits per heavy atom. The van der Waals surface area contributed by atoms with Crippen molar-refractivity contribution in [2.75, 3.05) is 6.61 Å². The number of hydrogen-bond acceptors (Lipinski definition) is 4. The van der Waals surface area contributed by atoms with Crippen LogP contribution < -0.4 is 5.32 Å². The van der Waals surface area contributed by atoms with Crippen LogP contribution in [0, 0.1) is 0 Å². The van der Waals surface area contributed by atoms with E-state index in [1.165, 1.54) is 0 Å². The number of nitrogens with one attached hydrogen (secondary N) is 1. The highest BCUT2D eigenvalue weighted by molar-refractivity contribution is 6.04. The molecule has 3 aliphatic rings. The number of carbonyl (C=O) groups is 2. The van der Waals surface area contributed by atoms with Crippen LogP contribution in [0.1, 0.15) is 13.3 Å². The van der Waals surface area contributed by atoms with Crippen molar-refractivity contribution in [3.8, 4) is 0 Å². The molecule has 0 radical (unpaired) electrons. The summed E-state index contributed by atoms with van der Waals surface area (Å²) in [6.07, 6.45) is 1.94. The van der Waals surface area contributed by atoms with Crippen molar-refractivity contribution in [3.63, 3.8) is 0 Å². The summed E-state index contributed by atoms with van der Waals surface area (Å²) in [5, 5.41) is 11.3. The van der Waals surface area contributed by atoms with E-state index in [-0.39, 0.29) is 41.4 Å². The van der Waals surface area contributed by atoms with Crippen LogP contribution in [0.2, 0.25) is 0 Å². The van der Waals surface area contributed by atoms with Crippen LogP contribution in [0.5, 0.6) is 0 Å². The zero-order chi connectivity index (χ0) is 11.5. The Bertz CT molecular complexity index is 405. The molecule has 0 aromatic heterocycles. The molecule has 2 N–H and O–H groups in total. The molecule has 3 heterocycles. The average Bonchev–Trinajstić information content (AvgIpc) is 2.66. The van der Waals surface area contributed by atoms with E-state index in [0.717, 1.165) is 0 Å². The number of hydrogen-bond donors (Lipinski definition) is 2. The average molecular weight is 225 g/mol. The number of urea groups is 1. The maximum absolute atomic E-state index is 11.8. The summed E-state index contributed by atoms with van der Waals surface area (Å²) >= 11 is 0. The molecule has 0 aromatic rings. The van der Waals surface area contributed by atoms with Gasteiger partial charge in [0.2, 0.25) is 0 Å². The monoisotopic (exact) mass is 225 g/mol. The number of nitrogens with zero attached hydrogens (tertiary/aromatic N) is 1. The van der Waals surface area contributed by atoms with Gasteiger partial charge in [-0.15, -0.1) is 0 Å². The Balaban J connectivity index is 1.88. The Kier molecular flexibility index (Phi) is 1.81. The summed E-state index contributed by atoms with van der Waals surface area (Å²) in [5.74, 6) is -0.336. The van der Waals surface area contributed by atoms with Crippen molar-refractivity contribution in [3.05, 3.63) is 11.8 Å². The van der Waals surface area contributed by atoms with Gasteiger partial charge >= 0.3 is 6.03 Å². The first-order chi connectivity index (χ1) is 7.59. The third-order valence-corrected chi connectivity index (χ3v) is 3.59. The number of aliphatic hydroxyl groups excluding tert-OH is 1. The zero-order valence-corrected chi connectivity index (χ0v) is 8.84. The van der Waals surface area contributed by atoms with Crippen LogP contribution >= 0.6 is 0 Å². The highest BCUT2D eigenvalue weighted by Gasteiger charge is 2.77. The van der Waals surface area contributed by atoms with Gasteiger partial charge in [0.15, 0.2) is 6.04 Å². The van der Waals surface area contributed by atoms with Gasteiger partial charge in [0.25, 0.3) is 12.1 Å². The van der Waals surface area contributed by atoms with E-state index in [9.17, 15) is 9.59 Å². The smallest absolute Gasteiger partial charge is 0.394 e. The molecule has 3 rings (SSSR count). The number of aliphatic hydroxyl groups is 1. The second-order valence-electron chi connectivity index (χ2n) is 4.54. The van der Waals surface area contributed by atoms with Crippen molar-refractivity contribution in [2.24, 2.45) is 0 Å². The van der Waals surface area contributed by atoms with Gasteiger partial charge in [0.1, 0.15) is 6.20 Å². The van der Waals surface area contributed by atoms with Crippen molar-refractivity contribution < 1.29 is 23.9 Å². The van der Waals surface area contributed by atoms with Gasteiger partial charge in [-0.05, 0) is 6.92 Å². The summed E-state index contributed by atoms with van der Waals surface area (Å²) < 4.78 is 5.61. The topological polar surface area (TPSA) is 75.6 Å². The van der Waals surface area contributed by atoms with Gasteiger partial charge in [-0.3, -0.25) is 4.79 Å². The standard InChI is InChI=1S/C10H12N2O4/c1-5-3-12(10(15)11-8(5)14)7-2-6(4-13)16-9(7)12/h3,6-7,9,13H,2,4H2,1H3/p+1/t6-,7?,9+,12?/m0/s1. The molecule has 3 aliphatic heterocycles. The number of carbonyl (C=O) groups excluding carboxylic acids is 2. The lowest BCUT2D eigenvalue weighted by atomic mass is 10.2. The largest absolute Gasteiger partial charge is 0.430 e. The molecule has 3 amide bonds. The number of imide groups is 1. The molecule has 86 valence electrons. The van der Waals surface area contributed by atoms with Gasteiger partial charge in [-0.25, -0.2) is 10.1 Å². The predicted octanol–water partition coefficient (Wildman–Crippen LogP) is -0.554. The lowest BCUT2D eigenvalue weighted by Gasteiger charge is -2.23. The minimum atomic E-state index is -0.336. The summed E-state index contributed by atoms with van der Waals surface area (Å²) in [6, 6.07) is -0.262. The van der Waals surface area contributed by atoms with Gasteiger partial charge in [0, 0.05) is 6.42 Å². The van der Waals surface area contributed by atoms with E-state index < -0.39 is 0 Å². The molecule has 2 fully saturated rings. The van der Waals surface area contributed by atoms with E-state index in [1.54, 1.807) is 13.1 Å². The molecular weight excluding hydrogens is 212 g/mol. The molecule has 0 saturated carbocycles. The maximum atomic E-state index is 11.8. The van der Waals surface area contributed by atoms with Crippen LogP contribution in [0.15, 0.2) is 11.8 Å². The van der Waals surface area contributed by atoms with Gasteiger partial charge in [-0.2, -0.15) is 4.48 Å². The summed E-state index contributed by atoms with van der Waals surface area (Å²) in [7, 11) is 0. The van der Waals surface area contributed by atoms with Crippen molar-refractivity contribution in [1.82, 2.24) is 5.32 Å². The first-order valence-corrected chi connectivity index (χ1v) is 5.29. The highest BCUT2D eigenvalue weighted by atomic mass is 16.6. The Morgan fingerprint density at radius 1 is 1.62 bits per heavy atom. The zero-order valence-electron chi connectivity index (χ0n) is 8.84. The molecular formula is C10H13N2O4+. The predicted molar refractivity (Wildman–Crippen MR) is 51.7 cm³/mol. The van der Waals surface area contributed by atoms with Crippen LogP contribution in [0.25, 0.3) is 0 Å². The van der Waals surface area contributed by atoms with Crippen LogP contribution in [0.3, 0.4) is 0 Å². The number of ether oxygens (including phenoxy) is 1. The van der Waals surface area contributed by atoms with Crippen molar-refractivity contribution in [1.29, 1.82) is 0 Å². The number of fused-ring (bicyclic) bond motifs is 3. The molecule has 6 heteroatoms. The second kappa shape index (κ2) is 2.91. The minimum absolute atomic E-state index is 0.0176. The Hall–Kier alpha value is -1.24. The SMILES string of the molecule is CC1=C[N+]2(C(=O)NC1=O)C1C[C@@H](CO)O[C@H]12. The molecule has 1 spiro atoms. The summed E-state index contributed by atoms with van der Waals surface area (Å²) in [6.45, 7) is 1.66. The van der Waals surface area contributed by atoms with Crippen LogP contribution in [-0.2, 0) is 9.53 Å². The summed E-state index contributed by atoms with van der Waals surface area (Å²) in [5.41, 5.74) is 0.540. The lowest BCUT2D eigenvalue weighted by Crippen LogP contribution is -2.50. The molecule has 16 heavy (non-hydrogen) atoms. The van der Waals surface area contributed by atoms with Crippen molar-refractivity contribution in [2.45, 2.75) is 31.7 Å². The van der Waals surface area contributed by atoms with E-state index in [0.29, 0.717) is 12.0 Å². The lowest BCUT2D eigenvalue weighted by molar-refractivity contribution is -0.712. The van der Waals surface area contributed by atoms with E-state index in [2.05, 4.69) is 5.32 Å². The number of rotatable bonds is 1. The Labute approximate surface area is 92.1 Å². The van der Waals surface area contributed by atoms with E-state index in [1.807, 2.05) is 0 Å². The van der Waals surface area contributed by atoms with E-state index in [4.69, 9.17) is 9.84 Å². The Morgan fingerprint density at radius 3 is 2.94 bits per heavy atom. The quantitative estimate of drug-likeness (QED) is 0.463. The molecule has 0 aromatic carbocycles. The van der Waals surface area contributed by atoms with Gasteiger partial charge in [-0.1, -0.05) is 0 Å². The van der Waals surface area contributed by atoms with Crippen LogP contribution in [-0.4, -0.2) is 46.5 Å². The number of amides is 3. The third kappa shape index (κ3) is 1.01. The normalized spacial score (nSPS) is 45.4. The molecule has 2 unspecified atom stereocenters. The molecule has 4 atom stereocenters. The molecule has 0 bridgehead atoms. The fraction of sp³-hybridized carbons (Fsp3) is 0.600. The fourth-order valence-electron chi connectivity index (χ4n) is 2.68. The first-order valence-electron chi connectivity index (χ1n) is 5.29. The highest BCUT2D eigenvalue weighted by Crippen LogP contribution is 2.51.